The van der Waals surface area contributed by atoms with Crippen molar-refractivity contribution in [2.75, 3.05) is 0 Å². The Morgan fingerprint density at radius 1 is 1.24 bits per heavy atom. The van der Waals surface area contributed by atoms with Crippen molar-refractivity contribution in [3.8, 4) is 0 Å². The molecule has 0 aromatic heterocycles. The van der Waals surface area contributed by atoms with E-state index in [4.69, 9.17) is 0 Å². The Balaban J connectivity index is 2.88. The fraction of sp³-hybridized carbons (Fsp3) is 0.533. The van der Waals surface area contributed by atoms with Crippen LogP contribution in [0.25, 0.3) is 0 Å². The molecular weight excluding hydrogens is 210 g/mol. The summed E-state index contributed by atoms with van der Waals surface area (Å²) in [6, 6.07) is 7.86. The summed E-state index contributed by atoms with van der Waals surface area (Å²) in [5.74, 6) is 0.0425. The largest absolute Gasteiger partial charge is 0.347 e. The highest BCUT2D eigenvalue weighted by Gasteiger charge is 2.19. The molecule has 0 heterocycles. The van der Waals surface area contributed by atoms with Gasteiger partial charge in [-0.25, -0.2) is 0 Å². The molecule has 17 heavy (non-hydrogen) atoms. The Kier molecular flexibility index (Phi) is 4.73. The summed E-state index contributed by atoms with van der Waals surface area (Å²) in [6.45, 7) is 8.31. The molecule has 0 radical (unpaired) electrons. The Hall–Kier alpha value is -1.31. The third-order valence-electron chi connectivity index (χ3n) is 3.12. The van der Waals surface area contributed by atoms with Gasteiger partial charge < -0.3 is 5.32 Å². The quantitative estimate of drug-likeness (QED) is 0.827. The minimum atomic E-state index is -0.142. The molecule has 0 aliphatic carbocycles. The molecule has 1 aromatic rings. The van der Waals surface area contributed by atoms with Crippen LogP contribution in [0.2, 0.25) is 0 Å². The van der Waals surface area contributed by atoms with Crippen molar-refractivity contribution in [3.05, 3.63) is 35.4 Å². The lowest BCUT2D eigenvalue weighted by Crippen LogP contribution is -2.43. The van der Waals surface area contributed by atoms with Crippen LogP contribution in [0.15, 0.2) is 24.3 Å². The first-order valence-corrected chi connectivity index (χ1v) is 6.40. The Morgan fingerprint density at radius 3 is 2.47 bits per heavy atom. The zero-order valence-corrected chi connectivity index (χ0v) is 11.3. The van der Waals surface area contributed by atoms with Gasteiger partial charge in [-0.15, -0.1) is 0 Å². The fourth-order valence-corrected chi connectivity index (χ4v) is 1.69. The van der Waals surface area contributed by atoms with E-state index < -0.39 is 0 Å². The second-order valence-electron chi connectivity index (χ2n) is 5.10. The first-order valence-electron chi connectivity index (χ1n) is 6.40. The van der Waals surface area contributed by atoms with Crippen molar-refractivity contribution in [2.24, 2.45) is 0 Å². The van der Waals surface area contributed by atoms with E-state index in [2.05, 4.69) is 19.2 Å². The van der Waals surface area contributed by atoms with Crippen LogP contribution in [0.4, 0.5) is 0 Å². The number of benzene rings is 1. The Morgan fingerprint density at radius 2 is 1.88 bits per heavy atom. The molecule has 0 atom stereocenters. The zero-order valence-electron chi connectivity index (χ0n) is 11.3. The van der Waals surface area contributed by atoms with Crippen LogP contribution in [0.1, 0.15) is 56.5 Å². The molecule has 2 nitrogen and oxygen atoms in total. The van der Waals surface area contributed by atoms with Crippen molar-refractivity contribution in [1.29, 1.82) is 0 Å². The van der Waals surface area contributed by atoms with Crippen LogP contribution in [0.3, 0.4) is 0 Å². The van der Waals surface area contributed by atoms with Gasteiger partial charge in [-0.1, -0.05) is 38.5 Å². The van der Waals surface area contributed by atoms with Crippen LogP contribution < -0.4 is 5.32 Å². The molecule has 1 rings (SSSR count). The molecule has 0 spiro atoms. The molecule has 0 aliphatic rings. The first kappa shape index (κ1) is 13.8. The maximum atomic E-state index is 12.2. The van der Waals surface area contributed by atoms with Crippen LogP contribution >= 0.6 is 0 Å². The molecule has 1 N–H and O–H groups in total. The minimum Gasteiger partial charge on any atom is -0.347 e. The molecule has 0 aliphatic heterocycles. The van der Waals surface area contributed by atoms with Gasteiger partial charge in [0, 0.05) is 11.1 Å². The monoisotopic (exact) mass is 233 g/mol. The smallest absolute Gasteiger partial charge is 0.251 e. The molecule has 0 unspecified atom stereocenters. The number of nitrogens with one attached hydrogen (secondary N) is 1. The summed E-state index contributed by atoms with van der Waals surface area (Å²) in [4.78, 5) is 12.2. The second-order valence-corrected chi connectivity index (χ2v) is 5.10. The van der Waals surface area contributed by atoms with Gasteiger partial charge in [0.15, 0.2) is 0 Å². The number of carbonyl (C=O) groups excluding carboxylic acids is 1. The van der Waals surface area contributed by atoms with E-state index in [-0.39, 0.29) is 11.4 Å². The van der Waals surface area contributed by atoms with E-state index in [1.807, 2.05) is 38.1 Å². The molecule has 94 valence electrons. The highest BCUT2D eigenvalue weighted by atomic mass is 16.1. The predicted molar refractivity (Wildman–Crippen MR) is 72.3 cm³/mol. The minimum absolute atomic E-state index is 0.0425. The number of carbonyl (C=O) groups is 1. The molecule has 1 aromatic carbocycles. The second kappa shape index (κ2) is 5.85. The topological polar surface area (TPSA) is 29.1 Å². The Bertz CT molecular complexity index is 382. The Labute approximate surface area is 104 Å². The highest BCUT2D eigenvalue weighted by Crippen LogP contribution is 2.14. The van der Waals surface area contributed by atoms with Gasteiger partial charge in [0.25, 0.3) is 5.91 Å². The van der Waals surface area contributed by atoms with E-state index in [9.17, 15) is 4.79 Å². The van der Waals surface area contributed by atoms with Crippen LogP contribution in [-0.4, -0.2) is 11.4 Å². The molecule has 0 fully saturated rings. The van der Waals surface area contributed by atoms with Gasteiger partial charge in [0.1, 0.15) is 0 Å². The third kappa shape index (κ3) is 3.88. The van der Waals surface area contributed by atoms with E-state index in [1.165, 1.54) is 0 Å². The molecule has 1 amide bonds. The van der Waals surface area contributed by atoms with Crippen molar-refractivity contribution >= 4 is 5.91 Å². The van der Waals surface area contributed by atoms with Crippen LogP contribution in [-0.2, 0) is 6.42 Å². The number of amides is 1. The summed E-state index contributed by atoms with van der Waals surface area (Å²) in [6.07, 6.45) is 2.94. The predicted octanol–water partition coefficient (Wildman–Crippen LogP) is 3.56. The SMILES string of the molecule is CCCc1ccccc1C(=O)NC(C)(C)CC. The summed E-state index contributed by atoms with van der Waals surface area (Å²) < 4.78 is 0. The van der Waals surface area contributed by atoms with Crippen LogP contribution in [0.5, 0.6) is 0 Å². The number of aryl methyl sites for hydroxylation is 1. The average molecular weight is 233 g/mol. The highest BCUT2D eigenvalue weighted by molar-refractivity contribution is 5.96. The van der Waals surface area contributed by atoms with Crippen molar-refractivity contribution in [1.82, 2.24) is 5.32 Å². The lowest BCUT2D eigenvalue weighted by molar-refractivity contribution is 0.0910. The van der Waals surface area contributed by atoms with E-state index in [0.717, 1.165) is 30.4 Å². The molecule has 0 saturated heterocycles. The van der Waals surface area contributed by atoms with Gasteiger partial charge in [-0.3, -0.25) is 4.79 Å². The fourth-order valence-electron chi connectivity index (χ4n) is 1.69. The number of hydrogen-bond donors (Lipinski definition) is 1. The van der Waals surface area contributed by atoms with Crippen LogP contribution in [0, 0.1) is 0 Å². The van der Waals surface area contributed by atoms with Gasteiger partial charge in [-0.2, -0.15) is 0 Å². The summed E-state index contributed by atoms with van der Waals surface area (Å²) in [5.41, 5.74) is 1.81. The third-order valence-corrected chi connectivity index (χ3v) is 3.12. The summed E-state index contributed by atoms with van der Waals surface area (Å²) >= 11 is 0. The van der Waals surface area contributed by atoms with Crippen molar-refractivity contribution in [2.45, 2.75) is 52.5 Å². The lowest BCUT2D eigenvalue weighted by Gasteiger charge is -2.25. The average Bonchev–Trinajstić information content (AvgIpc) is 2.29. The molecule has 2 heteroatoms. The van der Waals surface area contributed by atoms with E-state index >= 15 is 0 Å². The summed E-state index contributed by atoms with van der Waals surface area (Å²) in [5, 5.41) is 3.08. The van der Waals surface area contributed by atoms with E-state index in [1.54, 1.807) is 0 Å². The normalized spacial score (nSPS) is 11.3. The maximum absolute atomic E-state index is 12.2. The van der Waals surface area contributed by atoms with Crippen molar-refractivity contribution < 1.29 is 4.79 Å². The first-order chi connectivity index (χ1) is 8.00. The van der Waals surface area contributed by atoms with Gasteiger partial charge in [-0.05, 0) is 38.3 Å². The van der Waals surface area contributed by atoms with Gasteiger partial charge >= 0.3 is 0 Å². The zero-order chi connectivity index (χ0) is 12.9. The number of hydrogen-bond acceptors (Lipinski definition) is 1. The number of rotatable bonds is 5. The maximum Gasteiger partial charge on any atom is 0.251 e. The molecular formula is C15H23NO. The van der Waals surface area contributed by atoms with E-state index in [0.29, 0.717) is 0 Å². The summed E-state index contributed by atoms with van der Waals surface area (Å²) in [7, 11) is 0. The molecule has 0 bridgehead atoms. The van der Waals surface area contributed by atoms with Crippen molar-refractivity contribution in [3.63, 3.8) is 0 Å². The lowest BCUT2D eigenvalue weighted by atomic mass is 9.98. The molecule has 0 saturated carbocycles. The van der Waals surface area contributed by atoms with Gasteiger partial charge in [0.05, 0.1) is 0 Å². The standard InChI is InChI=1S/C15H23NO/c1-5-9-12-10-7-8-11-13(12)14(17)16-15(3,4)6-2/h7-8,10-11H,5-6,9H2,1-4H3,(H,16,17). The van der Waals surface area contributed by atoms with Gasteiger partial charge in [0.2, 0.25) is 0 Å².